The molecule has 2 rings (SSSR count). The Bertz CT molecular complexity index is 492. The molecule has 0 fully saturated rings. The van der Waals surface area contributed by atoms with Gasteiger partial charge in [0.1, 0.15) is 0 Å². The van der Waals surface area contributed by atoms with Crippen LogP contribution < -0.4 is 5.73 Å². The SMILES string of the molecule is Cc1ccccc1CSc1nnc(N)n1C. The van der Waals surface area contributed by atoms with Gasteiger partial charge in [-0.15, -0.1) is 10.2 Å². The van der Waals surface area contributed by atoms with Crippen LogP contribution in [-0.4, -0.2) is 14.8 Å². The van der Waals surface area contributed by atoms with Gasteiger partial charge in [-0.25, -0.2) is 0 Å². The first-order chi connectivity index (χ1) is 7.68. The zero-order valence-corrected chi connectivity index (χ0v) is 10.2. The smallest absolute Gasteiger partial charge is 0.222 e. The third-order valence-electron chi connectivity index (χ3n) is 2.49. The zero-order chi connectivity index (χ0) is 11.5. The Morgan fingerprint density at radius 1 is 1.31 bits per heavy atom. The number of anilines is 1. The van der Waals surface area contributed by atoms with Gasteiger partial charge in [0.15, 0.2) is 5.16 Å². The van der Waals surface area contributed by atoms with E-state index in [0.717, 1.165) is 10.9 Å². The van der Waals surface area contributed by atoms with Crippen molar-refractivity contribution in [2.24, 2.45) is 7.05 Å². The lowest BCUT2D eigenvalue weighted by Crippen LogP contribution is -1.98. The molecule has 0 aliphatic heterocycles. The molecule has 0 amide bonds. The van der Waals surface area contributed by atoms with Gasteiger partial charge < -0.3 is 5.73 Å². The van der Waals surface area contributed by atoms with E-state index in [1.807, 2.05) is 19.2 Å². The summed E-state index contributed by atoms with van der Waals surface area (Å²) >= 11 is 1.64. The molecule has 0 radical (unpaired) electrons. The molecule has 1 heterocycles. The fourth-order valence-corrected chi connectivity index (χ4v) is 2.36. The summed E-state index contributed by atoms with van der Waals surface area (Å²) in [4.78, 5) is 0. The molecule has 84 valence electrons. The first kappa shape index (κ1) is 11.0. The molecular formula is C11H14N4S. The highest BCUT2D eigenvalue weighted by Crippen LogP contribution is 2.22. The number of nitrogens with two attached hydrogens (primary N) is 1. The molecule has 5 heteroatoms. The van der Waals surface area contributed by atoms with Gasteiger partial charge in [0.05, 0.1) is 0 Å². The van der Waals surface area contributed by atoms with Gasteiger partial charge in [-0.05, 0) is 18.1 Å². The fraction of sp³-hybridized carbons (Fsp3) is 0.273. The molecule has 0 unspecified atom stereocenters. The van der Waals surface area contributed by atoms with Crippen molar-refractivity contribution >= 4 is 17.7 Å². The van der Waals surface area contributed by atoms with Crippen LogP contribution >= 0.6 is 11.8 Å². The van der Waals surface area contributed by atoms with E-state index in [1.54, 1.807) is 16.3 Å². The summed E-state index contributed by atoms with van der Waals surface area (Å²) < 4.78 is 1.79. The highest BCUT2D eigenvalue weighted by atomic mass is 32.2. The van der Waals surface area contributed by atoms with E-state index in [0.29, 0.717) is 5.95 Å². The van der Waals surface area contributed by atoms with Gasteiger partial charge in [-0.1, -0.05) is 36.0 Å². The van der Waals surface area contributed by atoms with Crippen LogP contribution in [0.25, 0.3) is 0 Å². The Hall–Kier alpha value is -1.49. The minimum absolute atomic E-state index is 0.451. The van der Waals surface area contributed by atoms with E-state index >= 15 is 0 Å². The largest absolute Gasteiger partial charge is 0.368 e. The zero-order valence-electron chi connectivity index (χ0n) is 9.34. The summed E-state index contributed by atoms with van der Waals surface area (Å²) in [6.07, 6.45) is 0. The van der Waals surface area contributed by atoms with Gasteiger partial charge >= 0.3 is 0 Å². The average molecular weight is 234 g/mol. The van der Waals surface area contributed by atoms with Crippen molar-refractivity contribution in [3.8, 4) is 0 Å². The maximum Gasteiger partial charge on any atom is 0.222 e. The molecule has 4 nitrogen and oxygen atoms in total. The maximum absolute atomic E-state index is 5.62. The van der Waals surface area contributed by atoms with E-state index in [2.05, 4.69) is 29.3 Å². The number of aromatic nitrogens is 3. The van der Waals surface area contributed by atoms with E-state index in [9.17, 15) is 0 Å². The Morgan fingerprint density at radius 2 is 2.06 bits per heavy atom. The lowest BCUT2D eigenvalue weighted by atomic mass is 10.1. The number of rotatable bonds is 3. The summed E-state index contributed by atoms with van der Waals surface area (Å²) in [6.45, 7) is 2.11. The fourth-order valence-electron chi connectivity index (χ4n) is 1.37. The Kier molecular flexibility index (Phi) is 3.14. The number of hydrogen-bond acceptors (Lipinski definition) is 4. The minimum Gasteiger partial charge on any atom is -0.368 e. The number of nitrogen functional groups attached to an aromatic ring is 1. The predicted octanol–water partition coefficient (Wildman–Crippen LogP) is 2.00. The monoisotopic (exact) mass is 234 g/mol. The summed E-state index contributed by atoms with van der Waals surface area (Å²) in [7, 11) is 1.87. The van der Waals surface area contributed by atoms with Gasteiger partial charge in [-0.2, -0.15) is 0 Å². The molecule has 0 saturated carbocycles. The predicted molar refractivity (Wildman–Crippen MR) is 66.2 cm³/mol. The van der Waals surface area contributed by atoms with Crippen LogP contribution in [0.2, 0.25) is 0 Å². The van der Waals surface area contributed by atoms with Crippen molar-refractivity contribution in [1.82, 2.24) is 14.8 Å². The van der Waals surface area contributed by atoms with Crippen LogP contribution in [0.5, 0.6) is 0 Å². The van der Waals surface area contributed by atoms with Gasteiger partial charge in [-0.3, -0.25) is 4.57 Å². The van der Waals surface area contributed by atoms with Crippen molar-refractivity contribution in [3.05, 3.63) is 35.4 Å². The molecule has 0 aliphatic rings. The standard InChI is InChI=1S/C11H14N4S/c1-8-5-3-4-6-9(8)7-16-11-14-13-10(12)15(11)2/h3-6H,7H2,1-2H3,(H2,12,13). The third kappa shape index (κ3) is 2.19. The molecule has 1 aromatic carbocycles. The Morgan fingerprint density at radius 3 is 2.69 bits per heavy atom. The first-order valence-electron chi connectivity index (χ1n) is 5.00. The summed E-state index contributed by atoms with van der Waals surface area (Å²) in [5, 5.41) is 8.68. The van der Waals surface area contributed by atoms with Crippen LogP contribution in [0.3, 0.4) is 0 Å². The Labute approximate surface area is 98.9 Å². The van der Waals surface area contributed by atoms with Crippen LogP contribution in [0.15, 0.2) is 29.4 Å². The van der Waals surface area contributed by atoms with Crippen LogP contribution in [0.4, 0.5) is 5.95 Å². The molecule has 2 N–H and O–H groups in total. The van der Waals surface area contributed by atoms with Crippen molar-refractivity contribution in [3.63, 3.8) is 0 Å². The van der Waals surface area contributed by atoms with Crippen molar-refractivity contribution < 1.29 is 0 Å². The number of aryl methyl sites for hydroxylation is 1. The van der Waals surface area contributed by atoms with Gasteiger partial charge in [0, 0.05) is 12.8 Å². The second kappa shape index (κ2) is 4.57. The highest BCUT2D eigenvalue weighted by molar-refractivity contribution is 7.98. The van der Waals surface area contributed by atoms with Gasteiger partial charge in [0.25, 0.3) is 0 Å². The van der Waals surface area contributed by atoms with Gasteiger partial charge in [0.2, 0.25) is 5.95 Å². The van der Waals surface area contributed by atoms with Crippen molar-refractivity contribution in [2.45, 2.75) is 17.8 Å². The summed E-state index contributed by atoms with van der Waals surface area (Å²) in [5.41, 5.74) is 8.23. The molecule has 1 aromatic heterocycles. The van der Waals surface area contributed by atoms with E-state index in [4.69, 9.17) is 5.73 Å². The molecular weight excluding hydrogens is 220 g/mol. The number of nitrogens with zero attached hydrogens (tertiary/aromatic N) is 3. The average Bonchev–Trinajstić information content (AvgIpc) is 2.59. The van der Waals surface area contributed by atoms with Crippen LogP contribution in [0.1, 0.15) is 11.1 Å². The third-order valence-corrected chi connectivity index (χ3v) is 3.56. The second-order valence-electron chi connectivity index (χ2n) is 3.61. The molecule has 0 saturated heterocycles. The highest BCUT2D eigenvalue weighted by Gasteiger charge is 2.06. The summed E-state index contributed by atoms with van der Waals surface area (Å²) in [6, 6.07) is 8.33. The maximum atomic E-state index is 5.62. The molecule has 0 bridgehead atoms. The van der Waals surface area contributed by atoms with E-state index in [-0.39, 0.29) is 0 Å². The lowest BCUT2D eigenvalue weighted by Gasteiger charge is -2.04. The quantitative estimate of drug-likeness (QED) is 0.825. The van der Waals surface area contributed by atoms with Crippen LogP contribution in [0, 0.1) is 6.92 Å². The molecule has 16 heavy (non-hydrogen) atoms. The minimum atomic E-state index is 0.451. The first-order valence-corrected chi connectivity index (χ1v) is 5.99. The molecule has 0 atom stereocenters. The number of benzene rings is 1. The molecule has 2 aromatic rings. The van der Waals surface area contributed by atoms with E-state index in [1.165, 1.54) is 11.1 Å². The Balaban J connectivity index is 2.08. The molecule has 0 spiro atoms. The number of hydrogen-bond donors (Lipinski definition) is 1. The normalized spacial score (nSPS) is 10.6. The lowest BCUT2D eigenvalue weighted by molar-refractivity contribution is 0.796. The van der Waals surface area contributed by atoms with Crippen LogP contribution in [-0.2, 0) is 12.8 Å². The van der Waals surface area contributed by atoms with E-state index < -0.39 is 0 Å². The van der Waals surface area contributed by atoms with Crippen molar-refractivity contribution in [2.75, 3.05) is 5.73 Å². The topological polar surface area (TPSA) is 56.7 Å². The summed E-state index contributed by atoms with van der Waals surface area (Å²) in [5.74, 6) is 1.34. The van der Waals surface area contributed by atoms with Crippen molar-refractivity contribution in [1.29, 1.82) is 0 Å². The molecule has 0 aliphatic carbocycles. The number of thioether (sulfide) groups is 1. The second-order valence-corrected chi connectivity index (χ2v) is 4.56.